The summed E-state index contributed by atoms with van der Waals surface area (Å²) >= 11 is 17.7. The minimum absolute atomic E-state index is 0.0874. The maximum absolute atomic E-state index is 11.0. The largest absolute Gasteiger partial charge is 0.375 e. The lowest BCUT2D eigenvalue weighted by Crippen LogP contribution is -2.03. The lowest BCUT2D eigenvalue weighted by atomic mass is 10.2. The zero-order valence-corrected chi connectivity index (χ0v) is 12.3. The van der Waals surface area contributed by atoms with Gasteiger partial charge in [-0.2, -0.15) is 0 Å². The van der Waals surface area contributed by atoms with Crippen molar-refractivity contribution in [3.8, 4) is 0 Å². The molecule has 0 aliphatic carbocycles. The van der Waals surface area contributed by atoms with Crippen LogP contribution in [0.15, 0.2) is 36.4 Å². The van der Waals surface area contributed by atoms with Crippen LogP contribution < -0.4 is 5.32 Å². The van der Waals surface area contributed by atoms with Gasteiger partial charge in [-0.1, -0.05) is 46.9 Å². The number of benzene rings is 2. The van der Waals surface area contributed by atoms with Crippen molar-refractivity contribution >= 4 is 46.2 Å². The van der Waals surface area contributed by atoms with E-state index < -0.39 is 4.92 Å². The number of nitro groups is 1. The fourth-order valence-corrected chi connectivity index (χ4v) is 2.23. The molecule has 0 fully saturated rings. The summed E-state index contributed by atoms with van der Waals surface area (Å²) < 4.78 is 0. The maximum Gasteiger partial charge on any atom is 0.293 e. The highest BCUT2D eigenvalue weighted by molar-refractivity contribution is 6.42. The third-order valence-corrected chi connectivity index (χ3v) is 3.75. The first-order chi connectivity index (χ1) is 9.49. The van der Waals surface area contributed by atoms with Crippen LogP contribution in [0.2, 0.25) is 15.1 Å². The number of nitrogens with one attached hydrogen (secondary N) is 1. The Kier molecular flexibility index (Phi) is 4.70. The van der Waals surface area contributed by atoms with Crippen molar-refractivity contribution in [2.24, 2.45) is 0 Å². The molecule has 0 aromatic heterocycles. The molecule has 0 spiro atoms. The molecule has 0 aliphatic heterocycles. The van der Waals surface area contributed by atoms with E-state index in [4.69, 9.17) is 34.8 Å². The summed E-state index contributed by atoms with van der Waals surface area (Å²) in [5.74, 6) is 0. The molecule has 0 saturated carbocycles. The Hall–Kier alpha value is -1.49. The van der Waals surface area contributed by atoms with E-state index in [1.165, 1.54) is 6.07 Å². The van der Waals surface area contributed by atoms with Gasteiger partial charge in [-0.05, 0) is 23.8 Å². The summed E-state index contributed by atoms with van der Waals surface area (Å²) in [6.45, 7) is 0.321. The Morgan fingerprint density at radius 1 is 1.15 bits per heavy atom. The lowest BCUT2D eigenvalue weighted by Gasteiger charge is -2.09. The summed E-state index contributed by atoms with van der Waals surface area (Å²) in [7, 11) is 0. The van der Waals surface area contributed by atoms with E-state index in [1.54, 1.807) is 30.3 Å². The molecule has 0 saturated heterocycles. The Labute approximate surface area is 130 Å². The lowest BCUT2D eigenvalue weighted by molar-refractivity contribution is -0.383. The topological polar surface area (TPSA) is 55.2 Å². The summed E-state index contributed by atoms with van der Waals surface area (Å²) in [5.41, 5.74) is 1.04. The van der Waals surface area contributed by atoms with E-state index in [1.807, 2.05) is 0 Å². The molecule has 2 aromatic rings. The van der Waals surface area contributed by atoms with Crippen LogP contribution in [0.1, 0.15) is 5.56 Å². The quantitative estimate of drug-likeness (QED) is 0.621. The molecule has 1 N–H and O–H groups in total. The highest BCUT2D eigenvalue weighted by Crippen LogP contribution is 2.30. The normalized spacial score (nSPS) is 10.3. The monoisotopic (exact) mass is 330 g/mol. The Morgan fingerprint density at radius 3 is 2.60 bits per heavy atom. The molecule has 0 unspecified atom stereocenters. The van der Waals surface area contributed by atoms with Gasteiger partial charge in [-0.15, -0.1) is 0 Å². The smallest absolute Gasteiger partial charge is 0.293 e. The fraction of sp³-hybridized carbons (Fsp3) is 0.0769. The first-order valence-electron chi connectivity index (χ1n) is 5.59. The number of anilines is 1. The van der Waals surface area contributed by atoms with Crippen LogP contribution in [0.5, 0.6) is 0 Å². The molecule has 4 nitrogen and oxygen atoms in total. The van der Waals surface area contributed by atoms with Crippen molar-refractivity contribution in [3.63, 3.8) is 0 Å². The van der Waals surface area contributed by atoms with Gasteiger partial charge in [0, 0.05) is 17.6 Å². The Morgan fingerprint density at radius 2 is 1.90 bits per heavy atom. The average Bonchev–Trinajstić information content (AvgIpc) is 2.41. The first-order valence-corrected chi connectivity index (χ1v) is 6.73. The molecule has 2 aromatic carbocycles. The molecule has 0 bridgehead atoms. The van der Waals surface area contributed by atoms with Crippen molar-refractivity contribution in [1.82, 2.24) is 0 Å². The van der Waals surface area contributed by atoms with Gasteiger partial charge in [0.1, 0.15) is 5.69 Å². The molecule has 7 heteroatoms. The zero-order chi connectivity index (χ0) is 14.7. The van der Waals surface area contributed by atoms with Gasteiger partial charge in [0.05, 0.1) is 15.0 Å². The van der Waals surface area contributed by atoms with Gasteiger partial charge in [0.15, 0.2) is 0 Å². The van der Waals surface area contributed by atoms with Gasteiger partial charge in [-0.3, -0.25) is 10.1 Å². The molecule has 20 heavy (non-hydrogen) atoms. The third kappa shape index (κ3) is 3.33. The van der Waals surface area contributed by atoms with Gasteiger partial charge in [0.2, 0.25) is 0 Å². The van der Waals surface area contributed by atoms with E-state index in [0.717, 1.165) is 5.56 Å². The molecule has 0 aliphatic rings. The molecular formula is C13H9Cl3N2O2. The summed E-state index contributed by atoms with van der Waals surface area (Å²) in [6.07, 6.45) is 0. The van der Waals surface area contributed by atoms with Gasteiger partial charge < -0.3 is 5.32 Å². The van der Waals surface area contributed by atoms with Gasteiger partial charge in [-0.25, -0.2) is 0 Å². The number of halogens is 3. The molecule has 104 valence electrons. The number of nitrogens with zero attached hydrogens (tertiary/aromatic N) is 1. The number of hydrogen-bond acceptors (Lipinski definition) is 3. The predicted molar refractivity (Wildman–Crippen MR) is 81.9 cm³/mol. The summed E-state index contributed by atoms with van der Waals surface area (Å²) in [5, 5.41) is 15.1. The third-order valence-electron chi connectivity index (χ3n) is 2.66. The van der Waals surface area contributed by atoms with Gasteiger partial charge >= 0.3 is 0 Å². The summed E-state index contributed by atoms with van der Waals surface area (Å²) in [4.78, 5) is 10.5. The average molecular weight is 332 g/mol. The van der Waals surface area contributed by atoms with E-state index in [2.05, 4.69) is 5.32 Å². The second kappa shape index (κ2) is 6.31. The van der Waals surface area contributed by atoms with E-state index in [0.29, 0.717) is 27.3 Å². The van der Waals surface area contributed by atoms with Crippen molar-refractivity contribution in [3.05, 3.63) is 67.1 Å². The van der Waals surface area contributed by atoms with E-state index >= 15 is 0 Å². The maximum atomic E-state index is 11.0. The van der Waals surface area contributed by atoms with Crippen molar-refractivity contribution in [2.45, 2.75) is 6.54 Å². The van der Waals surface area contributed by atoms with Crippen LogP contribution in [0.25, 0.3) is 0 Å². The fourth-order valence-electron chi connectivity index (χ4n) is 1.68. The first kappa shape index (κ1) is 14.9. The molecule has 0 atom stereocenters. The SMILES string of the molecule is O=[N+]([O-])c1cc(Cl)ccc1NCc1cccc(Cl)c1Cl. The Bertz CT molecular complexity index is 662. The van der Waals surface area contributed by atoms with Crippen LogP contribution in [-0.2, 0) is 6.54 Å². The van der Waals surface area contributed by atoms with E-state index in [-0.39, 0.29) is 5.69 Å². The molecule has 0 heterocycles. The molecule has 0 amide bonds. The van der Waals surface area contributed by atoms with E-state index in [9.17, 15) is 10.1 Å². The highest BCUT2D eigenvalue weighted by atomic mass is 35.5. The minimum Gasteiger partial charge on any atom is -0.375 e. The molecular weight excluding hydrogens is 323 g/mol. The van der Waals surface area contributed by atoms with Crippen LogP contribution in [0.4, 0.5) is 11.4 Å². The number of nitro benzene ring substituents is 1. The molecule has 0 radical (unpaired) electrons. The van der Waals surface area contributed by atoms with Crippen molar-refractivity contribution < 1.29 is 4.92 Å². The second-order valence-corrected chi connectivity index (χ2v) is 5.21. The van der Waals surface area contributed by atoms with Crippen LogP contribution >= 0.6 is 34.8 Å². The zero-order valence-electron chi connectivity index (χ0n) is 10.1. The molecule has 2 rings (SSSR count). The predicted octanol–water partition coefficient (Wildman–Crippen LogP) is 5.17. The summed E-state index contributed by atoms with van der Waals surface area (Å²) in [6, 6.07) is 9.67. The number of hydrogen-bond donors (Lipinski definition) is 1. The van der Waals surface area contributed by atoms with Gasteiger partial charge in [0.25, 0.3) is 5.69 Å². The number of rotatable bonds is 4. The van der Waals surface area contributed by atoms with Crippen molar-refractivity contribution in [1.29, 1.82) is 0 Å². The van der Waals surface area contributed by atoms with Crippen LogP contribution in [0.3, 0.4) is 0 Å². The van der Waals surface area contributed by atoms with Crippen LogP contribution in [0, 0.1) is 10.1 Å². The minimum atomic E-state index is -0.492. The highest BCUT2D eigenvalue weighted by Gasteiger charge is 2.14. The second-order valence-electron chi connectivity index (χ2n) is 3.99. The van der Waals surface area contributed by atoms with Crippen LogP contribution in [-0.4, -0.2) is 4.92 Å². The Balaban J connectivity index is 2.23. The van der Waals surface area contributed by atoms with Crippen molar-refractivity contribution in [2.75, 3.05) is 5.32 Å². The standard InChI is InChI=1S/C13H9Cl3N2O2/c14-9-4-5-11(12(6-9)18(19)20)17-7-8-2-1-3-10(15)13(8)16/h1-6,17H,7H2.